The number of esters is 4. The second-order valence-corrected chi connectivity index (χ2v) is 32.2. The quantitative estimate of drug-likeness (QED) is 0.0169. The molecule has 0 saturated heterocycles. The molecule has 3 unspecified atom stereocenters. The maximum Gasteiger partial charge on any atom is 0.472 e. The number of phosphoric ester groups is 2. The van der Waals surface area contributed by atoms with Gasteiger partial charge in [-0.3, -0.25) is 37.3 Å². The Kier molecular flexibility index (Phi) is 68.1. The van der Waals surface area contributed by atoms with E-state index in [1.54, 1.807) is 0 Å². The predicted octanol–water partition coefficient (Wildman–Crippen LogP) is 23.3. The highest BCUT2D eigenvalue weighted by Crippen LogP contribution is 2.45. The van der Waals surface area contributed by atoms with Crippen molar-refractivity contribution in [2.75, 3.05) is 39.6 Å². The Balaban J connectivity index is 5.31. The molecule has 99 heavy (non-hydrogen) atoms. The van der Waals surface area contributed by atoms with Crippen LogP contribution in [0.15, 0.2) is 24.3 Å². The van der Waals surface area contributed by atoms with Crippen molar-refractivity contribution >= 4 is 39.5 Å². The van der Waals surface area contributed by atoms with E-state index in [2.05, 4.69) is 72.8 Å². The van der Waals surface area contributed by atoms with Crippen LogP contribution in [-0.2, 0) is 65.4 Å². The third-order valence-electron chi connectivity index (χ3n) is 18.4. The molecule has 0 bridgehead atoms. The normalized spacial score (nSPS) is 14.4. The molecule has 0 aliphatic heterocycles. The van der Waals surface area contributed by atoms with Crippen molar-refractivity contribution in [1.82, 2.24) is 0 Å². The van der Waals surface area contributed by atoms with Crippen molar-refractivity contribution in [3.8, 4) is 0 Å². The summed E-state index contributed by atoms with van der Waals surface area (Å²) >= 11 is 0. The molecular weight excluding hydrogens is 1290 g/mol. The molecule has 0 saturated carbocycles. The summed E-state index contributed by atoms with van der Waals surface area (Å²) in [6, 6.07) is 0. The number of carbonyl (C=O) groups excluding carboxylic acids is 4. The zero-order valence-electron chi connectivity index (χ0n) is 64.4. The number of ether oxygens (including phenoxy) is 4. The second-order valence-electron chi connectivity index (χ2n) is 29.3. The van der Waals surface area contributed by atoms with E-state index in [1.165, 1.54) is 180 Å². The molecule has 6 atom stereocenters. The smallest absolute Gasteiger partial charge is 0.462 e. The van der Waals surface area contributed by atoms with Gasteiger partial charge in [0.05, 0.1) is 26.4 Å². The highest BCUT2D eigenvalue weighted by molar-refractivity contribution is 7.47. The zero-order chi connectivity index (χ0) is 73.0. The Morgan fingerprint density at radius 2 is 0.596 bits per heavy atom. The van der Waals surface area contributed by atoms with Crippen molar-refractivity contribution in [1.29, 1.82) is 0 Å². The molecule has 17 nitrogen and oxygen atoms in total. The lowest BCUT2D eigenvalue weighted by molar-refractivity contribution is -0.161. The molecule has 584 valence electrons. The first-order valence-electron chi connectivity index (χ1n) is 40.7. The number of aliphatic hydroxyl groups excluding tert-OH is 1. The number of phosphoric acid groups is 2. The Morgan fingerprint density at radius 3 is 0.899 bits per heavy atom. The van der Waals surface area contributed by atoms with E-state index >= 15 is 0 Å². The number of carbonyl (C=O) groups is 4. The average molecular weight is 1450 g/mol. The standard InChI is InChI=1S/C80H152O17P2/c1-8-10-11-12-13-14-15-16-17-21-24-33-40-47-54-61-77(82)90-67-75(96-79(84)63-56-49-42-35-25-22-19-18-20-23-30-37-44-51-58-71(3)4)69-94-98(86,87)92-65-74(81)66-93-99(88,89)95-70-76(68-91-78(83)62-55-48-41-34-28-26-31-38-45-52-59-72(5)6)97-80(85)64-57-50-43-36-29-27-32-39-46-53-60-73(7)9-2/h14-17,71-76,81H,8-13,18-70H2,1-7H3,(H,86,87)(H,88,89)/b15-14-,17-16-/t73?,74-,75-,76-/m1/s1. The first kappa shape index (κ1) is 96.5. The number of unbranched alkanes of at least 4 members (excludes halogenated alkanes) is 40. The van der Waals surface area contributed by atoms with Crippen molar-refractivity contribution in [3.05, 3.63) is 24.3 Å². The molecule has 0 aliphatic carbocycles. The van der Waals surface area contributed by atoms with Crippen LogP contribution in [0.5, 0.6) is 0 Å². The van der Waals surface area contributed by atoms with Crippen LogP contribution in [0, 0.1) is 17.8 Å². The number of rotatable bonds is 76. The van der Waals surface area contributed by atoms with Gasteiger partial charge in [0.2, 0.25) is 0 Å². The van der Waals surface area contributed by atoms with Crippen LogP contribution in [0.1, 0.15) is 389 Å². The third kappa shape index (κ3) is 72.3. The molecular formula is C80H152O17P2. The van der Waals surface area contributed by atoms with Gasteiger partial charge in [0, 0.05) is 25.7 Å². The molecule has 0 amide bonds. The number of aliphatic hydroxyl groups is 1. The molecule has 0 aromatic rings. The number of hydrogen-bond donors (Lipinski definition) is 3. The van der Waals surface area contributed by atoms with Gasteiger partial charge in [-0.25, -0.2) is 9.13 Å². The number of allylic oxidation sites excluding steroid dienone is 4. The largest absolute Gasteiger partial charge is 0.472 e. The van der Waals surface area contributed by atoms with Crippen molar-refractivity contribution < 1.29 is 80.2 Å². The van der Waals surface area contributed by atoms with E-state index in [0.29, 0.717) is 25.7 Å². The van der Waals surface area contributed by atoms with Crippen LogP contribution in [0.4, 0.5) is 0 Å². The van der Waals surface area contributed by atoms with Gasteiger partial charge in [0.25, 0.3) is 0 Å². The minimum Gasteiger partial charge on any atom is -0.462 e. The highest BCUT2D eigenvalue weighted by Gasteiger charge is 2.30. The Hall–Kier alpha value is -2.46. The minimum atomic E-state index is -4.97. The van der Waals surface area contributed by atoms with Gasteiger partial charge in [-0.1, -0.05) is 336 Å². The third-order valence-corrected chi connectivity index (χ3v) is 20.3. The van der Waals surface area contributed by atoms with Gasteiger partial charge >= 0.3 is 39.5 Å². The average Bonchev–Trinajstić information content (AvgIpc) is 0.965. The summed E-state index contributed by atoms with van der Waals surface area (Å²) in [5.41, 5.74) is 0. The van der Waals surface area contributed by atoms with E-state index < -0.39 is 97.5 Å². The minimum absolute atomic E-state index is 0.100. The second kappa shape index (κ2) is 69.9. The van der Waals surface area contributed by atoms with E-state index in [-0.39, 0.29) is 25.7 Å². The SMILES string of the molecule is CCCCCC/C=C\C=C/CCCCCCCC(=O)OC[C@H](COP(=O)(O)OC[C@@H](O)COP(=O)(O)OC[C@@H](COC(=O)CCCCCCCCCCCCC(C)C)OC(=O)CCCCCCCCCCCCC(C)CC)OC(=O)CCCCCCCCCCCCCCCCC(C)C. The van der Waals surface area contributed by atoms with E-state index in [9.17, 15) is 43.2 Å². The monoisotopic (exact) mass is 1450 g/mol. The van der Waals surface area contributed by atoms with Gasteiger partial charge in [0.1, 0.15) is 19.3 Å². The fraction of sp³-hybridized carbons (Fsp3) is 0.900. The van der Waals surface area contributed by atoms with Crippen LogP contribution >= 0.6 is 15.6 Å². The van der Waals surface area contributed by atoms with E-state index in [0.717, 1.165) is 127 Å². The van der Waals surface area contributed by atoms with Crippen LogP contribution in [0.25, 0.3) is 0 Å². The van der Waals surface area contributed by atoms with Crippen molar-refractivity contribution in [2.45, 2.75) is 407 Å². The molecule has 0 heterocycles. The first-order valence-corrected chi connectivity index (χ1v) is 43.7. The zero-order valence-corrected chi connectivity index (χ0v) is 66.2. The molecule has 0 aliphatic rings. The van der Waals surface area contributed by atoms with Crippen molar-refractivity contribution in [3.63, 3.8) is 0 Å². The summed E-state index contributed by atoms with van der Waals surface area (Å²) in [6.45, 7) is 11.9. The molecule has 0 radical (unpaired) electrons. The van der Waals surface area contributed by atoms with E-state index in [4.69, 9.17) is 37.0 Å². The fourth-order valence-electron chi connectivity index (χ4n) is 11.7. The lowest BCUT2D eigenvalue weighted by atomic mass is 9.99. The summed E-state index contributed by atoms with van der Waals surface area (Å²) < 4.78 is 68.7. The molecule has 0 fully saturated rings. The summed E-state index contributed by atoms with van der Waals surface area (Å²) in [5, 5.41) is 10.6. The molecule has 0 rings (SSSR count). The Bertz CT molecular complexity index is 2020. The molecule has 3 N–H and O–H groups in total. The summed E-state index contributed by atoms with van der Waals surface area (Å²) in [7, 11) is -9.93. The summed E-state index contributed by atoms with van der Waals surface area (Å²) in [4.78, 5) is 73.0. The van der Waals surface area contributed by atoms with E-state index in [1.807, 2.05) is 0 Å². The van der Waals surface area contributed by atoms with Crippen LogP contribution < -0.4 is 0 Å². The van der Waals surface area contributed by atoms with Gasteiger partial charge < -0.3 is 33.8 Å². The highest BCUT2D eigenvalue weighted by atomic mass is 31.2. The fourth-order valence-corrected chi connectivity index (χ4v) is 13.3. The molecule has 19 heteroatoms. The Labute approximate surface area is 605 Å². The van der Waals surface area contributed by atoms with Gasteiger partial charge in [0.15, 0.2) is 12.2 Å². The lowest BCUT2D eigenvalue weighted by Gasteiger charge is -2.21. The maximum absolute atomic E-state index is 13.1. The molecule has 0 aromatic carbocycles. The molecule has 0 aromatic heterocycles. The summed E-state index contributed by atoms with van der Waals surface area (Å²) in [5.74, 6) is 0.209. The lowest BCUT2D eigenvalue weighted by Crippen LogP contribution is -2.30. The van der Waals surface area contributed by atoms with Gasteiger partial charge in [-0.05, 0) is 69.1 Å². The predicted molar refractivity (Wildman–Crippen MR) is 404 cm³/mol. The van der Waals surface area contributed by atoms with Crippen LogP contribution in [0.2, 0.25) is 0 Å². The van der Waals surface area contributed by atoms with Crippen molar-refractivity contribution in [2.24, 2.45) is 17.8 Å². The topological polar surface area (TPSA) is 237 Å². The maximum atomic E-state index is 13.1. The summed E-state index contributed by atoms with van der Waals surface area (Å²) in [6.07, 6.45) is 60.3. The van der Waals surface area contributed by atoms with Crippen LogP contribution in [-0.4, -0.2) is 96.7 Å². The van der Waals surface area contributed by atoms with Gasteiger partial charge in [-0.15, -0.1) is 0 Å². The molecule has 0 spiro atoms. The van der Waals surface area contributed by atoms with Crippen LogP contribution in [0.3, 0.4) is 0 Å². The Morgan fingerprint density at radius 1 is 0.333 bits per heavy atom. The number of hydrogen-bond acceptors (Lipinski definition) is 15. The first-order chi connectivity index (χ1) is 47.8. The van der Waals surface area contributed by atoms with Gasteiger partial charge in [-0.2, -0.15) is 0 Å².